The van der Waals surface area contributed by atoms with Crippen molar-refractivity contribution in [2.24, 2.45) is 0 Å². The molecular weight excluding hydrogens is 325 g/mol. The molecule has 25 heavy (non-hydrogen) atoms. The first kappa shape index (κ1) is 16.7. The minimum Gasteiger partial charge on any atom is -0.350 e. The molecule has 1 aromatic carbocycles. The first-order valence-corrected chi connectivity index (χ1v) is 7.72. The molecule has 0 fully saturated rings. The second-order valence-corrected chi connectivity index (χ2v) is 5.67. The van der Waals surface area contributed by atoms with E-state index in [0.717, 1.165) is 0 Å². The fraction of sp³-hybridized carbons (Fsp3) is 0.235. The molecule has 2 aromatic rings. The van der Waals surface area contributed by atoms with Crippen molar-refractivity contribution in [2.45, 2.75) is 6.54 Å². The summed E-state index contributed by atoms with van der Waals surface area (Å²) < 4.78 is 13.2. The smallest absolute Gasteiger partial charge is 0.343 e. The number of anilines is 2. The van der Waals surface area contributed by atoms with Gasteiger partial charge in [-0.3, -0.25) is 14.7 Å². The standard InChI is InChI=1S/C17H18FN5O2/c1-21-16-14(7-4-8-19-16)23(17(25)22(21)2)11-15(24)20-10-12-5-3-6-13(18)9-12/h3-9H,10-11H2,1-2H3,(H,20,24). The largest absolute Gasteiger partial charge is 0.350 e. The molecule has 0 saturated carbocycles. The lowest BCUT2D eigenvalue weighted by Crippen LogP contribution is -2.55. The maximum absolute atomic E-state index is 13.2. The van der Waals surface area contributed by atoms with Gasteiger partial charge in [0, 0.05) is 26.8 Å². The molecule has 3 rings (SSSR count). The molecule has 7 nitrogen and oxygen atoms in total. The van der Waals surface area contributed by atoms with Gasteiger partial charge in [-0.2, -0.15) is 0 Å². The molecular formula is C17H18FN5O2. The Balaban J connectivity index is 1.72. The predicted molar refractivity (Wildman–Crippen MR) is 91.4 cm³/mol. The van der Waals surface area contributed by atoms with E-state index >= 15 is 0 Å². The molecule has 0 bridgehead atoms. The molecule has 130 valence electrons. The zero-order chi connectivity index (χ0) is 18.0. The van der Waals surface area contributed by atoms with Crippen LogP contribution >= 0.6 is 0 Å². The first-order chi connectivity index (χ1) is 12.0. The van der Waals surface area contributed by atoms with Crippen molar-refractivity contribution in [3.05, 3.63) is 54.0 Å². The van der Waals surface area contributed by atoms with Crippen LogP contribution in [0.2, 0.25) is 0 Å². The molecule has 0 saturated heterocycles. The van der Waals surface area contributed by atoms with E-state index in [0.29, 0.717) is 17.1 Å². The number of carbonyl (C=O) groups is 2. The van der Waals surface area contributed by atoms with Crippen LogP contribution in [-0.2, 0) is 11.3 Å². The third kappa shape index (κ3) is 3.37. The highest BCUT2D eigenvalue weighted by Gasteiger charge is 2.33. The summed E-state index contributed by atoms with van der Waals surface area (Å²) in [6, 6.07) is 9.12. The average Bonchev–Trinajstić information content (AvgIpc) is 2.62. The fourth-order valence-electron chi connectivity index (χ4n) is 2.60. The molecule has 8 heteroatoms. The average molecular weight is 343 g/mol. The van der Waals surface area contributed by atoms with E-state index in [1.165, 1.54) is 22.0 Å². The lowest BCUT2D eigenvalue weighted by molar-refractivity contribution is -0.119. The van der Waals surface area contributed by atoms with E-state index in [1.807, 2.05) is 0 Å². The van der Waals surface area contributed by atoms with Gasteiger partial charge in [-0.25, -0.2) is 19.2 Å². The SMILES string of the molecule is CN1C(=O)N(CC(=O)NCc2cccc(F)c2)c2cccnc2N1C. The van der Waals surface area contributed by atoms with Crippen LogP contribution < -0.4 is 15.2 Å². The Bertz CT molecular complexity index is 813. The topological polar surface area (TPSA) is 68.8 Å². The van der Waals surface area contributed by atoms with Gasteiger partial charge in [0.25, 0.3) is 0 Å². The van der Waals surface area contributed by atoms with Crippen LogP contribution in [-0.4, -0.2) is 42.6 Å². The van der Waals surface area contributed by atoms with Crippen molar-refractivity contribution in [3.63, 3.8) is 0 Å². The van der Waals surface area contributed by atoms with Gasteiger partial charge in [-0.05, 0) is 29.8 Å². The highest BCUT2D eigenvalue weighted by Crippen LogP contribution is 2.31. The number of amides is 3. The lowest BCUT2D eigenvalue weighted by Gasteiger charge is -2.40. The van der Waals surface area contributed by atoms with Gasteiger partial charge in [0.15, 0.2) is 5.82 Å². The van der Waals surface area contributed by atoms with Crippen LogP contribution in [0.25, 0.3) is 0 Å². The number of hydrogen-bond acceptors (Lipinski definition) is 4. The van der Waals surface area contributed by atoms with Crippen LogP contribution in [0, 0.1) is 5.82 Å². The summed E-state index contributed by atoms with van der Waals surface area (Å²) in [5.41, 5.74) is 1.21. The minimum absolute atomic E-state index is 0.148. The number of hydrazine groups is 1. The van der Waals surface area contributed by atoms with Crippen LogP contribution in [0.15, 0.2) is 42.6 Å². The number of nitrogens with zero attached hydrogens (tertiary/aromatic N) is 4. The maximum atomic E-state index is 13.2. The summed E-state index contributed by atoms with van der Waals surface area (Å²) in [6.45, 7) is 0.0410. The Morgan fingerprint density at radius 2 is 2.00 bits per heavy atom. The van der Waals surface area contributed by atoms with E-state index in [1.54, 1.807) is 49.6 Å². The van der Waals surface area contributed by atoms with E-state index in [9.17, 15) is 14.0 Å². The molecule has 0 aliphatic carbocycles. The third-order valence-corrected chi connectivity index (χ3v) is 4.00. The third-order valence-electron chi connectivity index (χ3n) is 4.00. The number of halogens is 1. The number of nitrogens with one attached hydrogen (secondary N) is 1. The van der Waals surface area contributed by atoms with Crippen molar-refractivity contribution in [1.29, 1.82) is 0 Å². The number of rotatable bonds is 4. The summed E-state index contributed by atoms with van der Waals surface area (Å²) >= 11 is 0. The highest BCUT2D eigenvalue weighted by atomic mass is 19.1. The van der Waals surface area contributed by atoms with Crippen molar-refractivity contribution < 1.29 is 14.0 Å². The van der Waals surface area contributed by atoms with E-state index in [2.05, 4.69) is 10.3 Å². The molecule has 1 aliphatic rings. The number of benzene rings is 1. The van der Waals surface area contributed by atoms with Gasteiger partial charge in [-0.1, -0.05) is 12.1 Å². The molecule has 0 radical (unpaired) electrons. The predicted octanol–water partition coefficient (Wildman–Crippen LogP) is 1.76. The van der Waals surface area contributed by atoms with Crippen LogP contribution in [0.5, 0.6) is 0 Å². The Hall–Kier alpha value is -3.16. The van der Waals surface area contributed by atoms with Gasteiger partial charge in [0.1, 0.15) is 12.4 Å². The van der Waals surface area contributed by atoms with Gasteiger partial charge in [-0.15, -0.1) is 0 Å². The van der Waals surface area contributed by atoms with E-state index < -0.39 is 0 Å². The van der Waals surface area contributed by atoms with Gasteiger partial charge >= 0.3 is 6.03 Å². The van der Waals surface area contributed by atoms with Crippen molar-refractivity contribution >= 4 is 23.4 Å². The summed E-state index contributed by atoms with van der Waals surface area (Å²) in [7, 11) is 3.34. The Kier molecular flexibility index (Phi) is 4.51. The zero-order valence-corrected chi connectivity index (χ0v) is 13.9. The number of hydrogen-bond donors (Lipinski definition) is 1. The molecule has 1 aromatic heterocycles. The van der Waals surface area contributed by atoms with E-state index in [4.69, 9.17) is 0 Å². The van der Waals surface area contributed by atoms with Gasteiger partial charge < -0.3 is 5.32 Å². The van der Waals surface area contributed by atoms with Gasteiger partial charge in [0.2, 0.25) is 5.91 Å². The Morgan fingerprint density at radius 1 is 1.20 bits per heavy atom. The number of aromatic nitrogens is 1. The summed E-state index contributed by atoms with van der Waals surface area (Å²) in [5, 5.41) is 5.71. The second-order valence-electron chi connectivity index (χ2n) is 5.67. The number of urea groups is 1. The van der Waals surface area contributed by atoms with Crippen LogP contribution in [0.3, 0.4) is 0 Å². The monoisotopic (exact) mass is 343 g/mol. The highest BCUT2D eigenvalue weighted by molar-refractivity contribution is 6.02. The number of pyridine rings is 1. The van der Waals surface area contributed by atoms with Gasteiger partial charge in [0.05, 0.1) is 5.69 Å². The second kappa shape index (κ2) is 6.76. The molecule has 2 heterocycles. The molecule has 0 spiro atoms. The lowest BCUT2D eigenvalue weighted by atomic mass is 10.2. The number of fused-ring (bicyclic) bond motifs is 1. The summed E-state index contributed by atoms with van der Waals surface area (Å²) in [4.78, 5) is 30.4. The summed E-state index contributed by atoms with van der Waals surface area (Å²) in [5.74, 6) is -0.115. The van der Waals surface area contributed by atoms with Crippen molar-refractivity contribution in [2.75, 3.05) is 30.5 Å². The normalized spacial score (nSPS) is 13.7. The van der Waals surface area contributed by atoms with Crippen LogP contribution in [0.1, 0.15) is 5.56 Å². The van der Waals surface area contributed by atoms with Crippen LogP contribution in [0.4, 0.5) is 20.7 Å². The number of carbonyl (C=O) groups excluding carboxylic acids is 2. The van der Waals surface area contributed by atoms with Crippen molar-refractivity contribution in [3.8, 4) is 0 Å². The minimum atomic E-state index is -0.359. The fourth-order valence-corrected chi connectivity index (χ4v) is 2.60. The molecule has 1 aliphatic heterocycles. The van der Waals surface area contributed by atoms with Crippen molar-refractivity contribution in [1.82, 2.24) is 15.3 Å². The maximum Gasteiger partial charge on any atom is 0.343 e. The molecule has 3 amide bonds. The summed E-state index contributed by atoms with van der Waals surface area (Å²) in [6.07, 6.45) is 1.63. The zero-order valence-electron chi connectivity index (χ0n) is 13.9. The molecule has 1 N–H and O–H groups in total. The molecule has 0 atom stereocenters. The Morgan fingerprint density at radius 3 is 2.76 bits per heavy atom. The quantitative estimate of drug-likeness (QED) is 0.918. The van der Waals surface area contributed by atoms with E-state index in [-0.39, 0.29) is 30.8 Å². The molecule has 0 unspecified atom stereocenters. The Labute approximate surface area is 144 Å². The first-order valence-electron chi connectivity index (χ1n) is 7.72.